The number of ether oxygens (including phenoxy) is 1. The molecule has 0 bridgehead atoms. The number of hydrogen-bond acceptors (Lipinski definition) is 5. The Bertz CT molecular complexity index is 936. The minimum absolute atomic E-state index is 0.206. The normalized spacial score (nSPS) is 11.0. The van der Waals surface area contributed by atoms with Crippen molar-refractivity contribution in [1.82, 2.24) is 14.6 Å². The zero-order valence-electron chi connectivity index (χ0n) is 14.1. The number of nitrogens with two attached hydrogens (primary N) is 1. The second-order valence-corrected chi connectivity index (χ2v) is 6.03. The van der Waals surface area contributed by atoms with E-state index >= 15 is 0 Å². The fourth-order valence-corrected chi connectivity index (χ4v) is 2.95. The Kier molecular flexibility index (Phi) is 4.90. The highest BCUT2D eigenvalue weighted by Crippen LogP contribution is 2.31. The van der Waals surface area contributed by atoms with E-state index in [1.807, 2.05) is 24.3 Å². The first-order chi connectivity index (χ1) is 12.1. The van der Waals surface area contributed by atoms with E-state index in [9.17, 15) is 4.79 Å². The second-order valence-electron chi connectivity index (χ2n) is 5.60. The Morgan fingerprint density at radius 2 is 2.16 bits per heavy atom. The summed E-state index contributed by atoms with van der Waals surface area (Å²) in [4.78, 5) is 16.5. The molecule has 0 saturated heterocycles. The van der Waals surface area contributed by atoms with E-state index < -0.39 is 5.97 Å². The molecule has 2 aromatic heterocycles. The van der Waals surface area contributed by atoms with Gasteiger partial charge in [0.15, 0.2) is 5.65 Å². The molecule has 130 valence electrons. The number of carbonyl (C=O) groups excluding carboxylic acids is 1. The summed E-state index contributed by atoms with van der Waals surface area (Å²) in [5, 5.41) is 5.22. The number of esters is 1. The van der Waals surface area contributed by atoms with E-state index in [4.69, 9.17) is 22.1 Å². The van der Waals surface area contributed by atoms with Crippen LogP contribution in [0.5, 0.6) is 0 Å². The van der Waals surface area contributed by atoms with Crippen molar-refractivity contribution >= 4 is 29.0 Å². The van der Waals surface area contributed by atoms with E-state index in [-0.39, 0.29) is 18.0 Å². The summed E-state index contributed by atoms with van der Waals surface area (Å²) in [6.07, 6.45) is 3.12. The van der Waals surface area contributed by atoms with E-state index in [0.717, 1.165) is 29.7 Å². The zero-order chi connectivity index (χ0) is 18.0. The third-order valence-corrected chi connectivity index (χ3v) is 4.08. The molecule has 0 atom stereocenters. The number of rotatable bonds is 5. The molecule has 0 amide bonds. The number of benzene rings is 1. The molecule has 25 heavy (non-hydrogen) atoms. The molecule has 2 N–H and O–H groups in total. The Morgan fingerprint density at radius 3 is 2.84 bits per heavy atom. The number of aryl methyl sites for hydroxylation is 1. The number of carbonyl (C=O) groups is 1. The molecular formula is C18H19ClN4O2. The third kappa shape index (κ3) is 3.17. The van der Waals surface area contributed by atoms with E-state index in [1.165, 1.54) is 10.7 Å². The maximum absolute atomic E-state index is 12.0. The quantitative estimate of drug-likeness (QED) is 0.702. The molecule has 6 nitrogen and oxygen atoms in total. The van der Waals surface area contributed by atoms with Crippen LogP contribution in [0.4, 0.5) is 5.82 Å². The molecule has 0 unspecified atom stereocenters. The van der Waals surface area contributed by atoms with Crippen LogP contribution in [0.1, 0.15) is 36.3 Å². The lowest BCUT2D eigenvalue weighted by molar-refractivity contribution is 0.0526. The summed E-state index contributed by atoms with van der Waals surface area (Å²) in [5.74, 6) is -0.291. The van der Waals surface area contributed by atoms with Crippen LogP contribution in [0.3, 0.4) is 0 Å². The number of hydrogen-bond donors (Lipinski definition) is 1. The van der Waals surface area contributed by atoms with E-state index in [0.29, 0.717) is 10.7 Å². The van der Waals surface area contributed by atoms with Crippen molar-refractivity contribution in [2.75, 3.05) is 12.3 Å². The van der Waals surface area contributed by atoms with Gasteiger partial charge in [-0.25, -0.2) is 9.78 Å². The van der Waals surface area contributed by atoms with Crippen molar-refractivity contribution in [2.24, 2.45) is 0 Å². The number of halogens is 1. The van der Waals surface area contributed by atoms with Gasteiger partial charge < -0.3 is 10.5 Å². The Labute approximate surface area is 150 Å². The fourth-order valence-electron chi connectivity index (χ4n) is 2.76. The van der Waals surface area contributed by atoms with Crippen LogP contribution in [0, 0.1) is 0 Å². The molecule has 2 heterocycles. The molecule has 0 aliphatic heterocycles. The van der Waals surface area contributed by atoms with Gasteiger partial charge in [0.25, 0.3) is 0 Å². The largest absolute Gasteiger partial charge is 0.462 e. The second kappa shape index (κ2) is 7.11. The van der Waals surface area contributed by atoms with Crippen LogP contribution in [0.15, 0.2) is 30.5 Å². The highest BCUT2D eigenvalue weighted by Gasteiger charge is 2.21. The fraction of sp³-hybridized carbons (Fsp3) is 0.278. The number of aromatic nitrogens is 3. The topological polar surface area (TPSA) is 82.5 Å². The minimum atomic E-state index is -0.508. The molecular weight excluding hydrogens is 340 g/mol. The minimum Gasteiger partial charge on any atom is -0.462 e. The van der Waals surface area contributed by atoms with Gasteiger partial charge in [0.05, 0.1) is 12.3 Å². The Hall–Kier alpha value is -2.60. The monoisotopic (exact) mass is 358 g/mol. The molecule has 1 aromatic carbocycles. The van der Waals surface area contributed by atoms with Gasteiger partial charge >= 0.3 is 5.97 Å². The average molecular weight is 359 g/mol. The van der Waals surface area contributed by atoms with Gasteiger partial charge in [-0.3, -0.25) is 0 Å². The van der Waals surface area contributed by atoms with Crippen molar-refractivity contribution in [3.8, 4) is 11.1 Å². The van der Waals surface area contributed by atoms with Gasteiger partial charge in [-0.05, 0) is 31.0 Å². The summed E-state index contributed by atoms with van der Waals surface area (Å²) < 4.78 is 6.53. The van der Waals surface area contributed by atoms with E-state index in [2.05, 4.69) is 17.0 Å². The summed E-state index contributed by atoms with van der Waals surface area (Å²) in [6.45, 7) is 4.08. The highest BCUT2D eigenvalue weighted by molar-refractivity contribution is 6.30. The first kappa shape index (κ1) is 17.2. The average Bonchev–Trinajstić information content (AvgIpc) is 2.95. The lowest BCUT2D eigenvalue weighted by Gasteiger charge is -2.07. The molecule has 0 spiro atoms. The van der Waals surface area contributed by atoms with Crippen molar-refractivity contribution in [3.05, 3.63) is 46.7 Å². The molecule has 7 heteroatoms. The van der Waals surface area contributed by atoms with Gasteiger partial charge in [0.1, 0.15) is 11.4 Å². The maximum Gasteiger partial charge on any atom is 0.343 e. The SMILES string of the molecule is CCCc1nn2c(N)c(C(=O)OCC)cnc2c1-c1cccc(Cl)c1. The number of anilines is 1. The Balaban J connectivity index is 2.24. The van der Waals surface area contributed by atoms with Crippen LogP contribution in [-0.4, -0.2) is 27.2 Å². The zero-order valence-corrected chi connectivity index (χ0v) is 14.9. The lowest BCUT2D eigenvalue weighted by Crippen LogP contribution is -2.12. The first-order valence-electron chi connectivity index (χ1n) is 8.16. The van der Waals surface area contributed by atoms with Gasteiger partial charge in [-0.1, -0.05) is 37.1 Å². The Morgan fingerprint density at radius 1 is 1.36 bits per heavy atom. The molecule has 0 aliphatic carbocycles. The van der Waals surface area contributed by atoms with Gasteiger partial charge in [-0.15, -0.1) is 0 Å². The number of nitrogens with zero attached hydrogens (tertiary/aromatic N) is 3. The number of fused-ring (bicyclic) bond motifs is 1. The predicted molar refractivity (Wildman–Crippen MR) is 97.8 cm³/mol. The molecule has 0 aliphatic rings. The van der Waals surface area contributed by atoms with Crippen molar-refractivity contribution in [2.45, 2.75) is 26.7 Å². The first-order valence-corrected chi connectivity index (χ1v) is 8.53. The van der Waals surface area contributed by atoms with Gasteiger partial charge in [0, 0.05) is 16.8 Å². The summed E-state index contributed by atoms with van der Waals surface area (Å²) in [7, 11) is 0. The smallest absolute Gasteiger partial charge is 0.343 e. The molecule has 0 radical (unpaired) electrons. The van der Waals surface area contributed by atoms with Crippen molar-refractivity contribution < 1.29 is 9.53 Å². The summed E-state index contributed by atoms with van der Waals surface area (Å²) in [5.41, 5.74) is 9.63. The van der Waals surface area contributed by atoms with Crippen molar-refractivity contribution in [3.63, 3.8) is 0 Å². The van der Waals surface area contributed by atoms with Crippen molar-refractivity contribution in [1.29, 1.82) is 0 Å². The van der Waals surface area contributed by atoms with Crippen LogP contribution in [-0.2, 0) is 11.2 Å². The van der Waals surface area contributed by atoms with Crippen LogP contribution < -0.4 is 5.73 Å². The lowest BCUT2D eigenvalue weighted by atomic mass is 10.0. The third-order valence-electron chi connectivity index (χ3n) is 3.85. The van der Waals surface area contributed by atoms with Crippen LogP contribution in [0.2, 0.25) is 5.02 Å². The van der Waals surface area contributed by atoms with Crippen LogP contribution >= 0.6 is 11.6 Å². The molecule has 0 saturated carbocycles. The summed E-state index contributed by atoms with van der Waals surface area (Å²) in [6, 6.07) is 7.53. The highest BCUT2D eigenvalue weighted by atomic mass is 35.5. The predicted octanol–water partition coefficient (Wildman–Crippen LogP) is 3.76. The van der Waals surface area contributed by atoms with Gasteiger partial charge in [0.2, 0.25) is 0 Å². The molecule has 0 fully saturated rings. The molecule has 3 rings (SSSR count). The van der Waals surface area contributed by atoms with Crippen LogP contribution in [0.25, 0.3) is 16.8 Å². The molecule has 3 aromatic rings. The van der Waals surface area contributed by atoms with E-state index in [1.54, 1.807) is 6.92 Å². The summed E-state index contributed by atoms with van der Waals surface area (Å²) >= 11 is 6.14. The van der Waals surface area contributed by atoms with Gasteiger partial charge in [-0.2, -0.15) is 9.61 Å². The number of nitrogen functional groups attached to an aromatic ring is 1. The maximum atomic E-state index is 12.0. The standard InChI is InChI=1S/C18H19ClN4O2/c1-3-6-14-15(11-7-5-8-12(19)9-11)17-21-10-13(18(24)25-4-2)16(20)23(17)22-14/h5,7-10H,3-4,6,20H2,1-2H3.